The average molecular weight is 380 g/mol. The molecule has 4 N–H and O–H groups in total. The summed E-state index contributed by atoms with van der Waals surface area (Å²) in [6.45, 7) is 2.81. The van der Waals surface area contributed by atoms with Gasteiger partial charge in [0.25, 0.3) is 0 Å². The van der Waals surface area contributed by atoms with Crippen LogP contribution in [0.1, 0.15) is 44.6 Å². The van der Waals surface area contributed by atoms with Gasteiger partial charge in [-0.3, -0.25) is 4.79 Å². The van der Waals surface area contributed by atoms with Crippen LogP contribution in [-0.2, 0) is 11.2 Å². The molecule has 0 spiro atoms. The largest absolute Gasteiger partial charge is 0.491 e. The van der Waals surface area contributed by atoms with Crippen LogP contribution in [0.2, 0.25) is 0 Å². The van der Waals surface area contributed by atoms with Crippen LogP contribution in [0.15, 0.2) is 42.6 Å². The Balaban J connectivity index is 1.93. The van der Waals surface area contributed by atoms with Crippen LogP contribution in [0.4, 0.5) is 5.69 Å². The first-order valence-corrected chi connectivity index (χ1v) is 9.93. The van der Waals surface area contributed by atoms with E-state index in [1.165, 1.54) is 12.8 Å². The molecule has 1 heterocycles. The molecule has 2 aromatic carbocycles. The van der Waals surface area contributed by atoms with Gasteiger partial charge < -0.3 is 20.6 Å². The summed E-state index contributed by atoms with van der Waals surface area (Å²) in [6, 6.07) is 12.1. The van der Waals surface area contributed by atoms with Crippen molar-refractivity contribution >= 4 is 22.6 Å². The Morgan fingerprint density at radius 1 is 1.14 bits per heavy atom. The molecular formula is C23H28N2O3. The maximum atomic E-state index is 11.0. The fraction of sp³-hybridized carbons (Fsp3) is 0.348. The number of carboxylic acid groups (broad SMARTS) is 1. The molecule has 0 unspecified atom stereocenters. The number of aromatic nitrogens is 1. The van der Waals surface area contributed by atoms with E-state index in [1.807, 2.05) is 36.5 Å². The first-order valence-electron chi connectivity index (χ1n) is 9.93. The van der Waals surface area contributed by atoms with Gasteiger partial charge in [0.2, 0.25) is 0 Å². The monoisotopic (exact) mass is 380 g/mol. The van der Waals surface area contributed by atoms with Crippen molar-refractivity contribution in [2.75, 3.05) is 12.3 Å². The Kier molecular flexibility index (Phi) is 6.58. The lowest BCUT2D eigenvalue weighted by molar-refractivity contribution is -0.136. The predicted octanol–water partition coefficient (Wildman–Crippen LogP) is 5.39. The number of unbranched alkanes of at least 4 members (excludes halogenated alkanes) is 3. The summed E-state index contributed by atoms with van der Waals surface area (Å²) in [7, 11) is 0. The molecule has 0 aliphatic heterocycles. The van der Waals surface area contributed by atoms with Crippen LogP contribution in [0.3, 0.4) is 0 Å². The first-order chi connectivity index (χ1) is 13.6. The number of anilines is 1. The number of carbonyl (C=O) groups is 1. The highest BCUT2D eigenvalue weighted by atomic mass is 16.5. The van der Waals surface area contributed by atoms with Crippen LogP contribution < -0.4 is 10.5 Å². The molecule has 0 saturated heterocycles. The molecule has 1 aromatic heterocycles. The van der Waals surface area contributed by atoms with Crippen LogP contribution in [0, 0.1) is 0 Å². The molecule has 5 nitrogen and oxygen atoms in total. The topological polar surface area (TPSA) is 88.3 Å². The number of ether oxygens (including phenoxy) is 1. The van der Waals surface area contributed by atoms with E-state index in [4.69, 9.17) is 15.6 Å². The Morgan fingerprint density at radius 2 is 2.00 bits per heavy atom. The maximum Gasteiger partial charge on any atom is 0.303 e. The lowest BCUT2D eigenvalue weighted by Gasteiger charge is -2.16. The van der Waals surface area contributed by atoms with Crippen molar-refractivity contribution in [1.29, 1.82) is 0 Å². The Bertz CT molecular complexity index is 946. The zero-order valence-corrected chi connectivity index (χ0v) is 16.3. The average Bonchev–Trinajstić information content (AvgIpc) is 3.15. The SMILES string of the molecule is CCCCCCOc1c(N)cc(CCC(=O)O)cc1-c1ccc2[nH]ccc2c1. The van der Waals surface area contributed by atoms with Crippen molar-refractivity contribution < 1.29 is 14.6 Å². The third kappa shape index (κ3) is 4.85. The van der Waals surface area contributed by atoms with Gasteiger partial charge in [0, 0.05) is 23.7 Å². The van der Waals surface area contributed by atoms with Crippen LogP contribution in [0.5, 0.6) is 5.75 Å². The van der Waals surface area contributed by atoms with E-state index >= 15 is 0 Å². The second kappa shape index (κ2) is 9.31. The summed E-state index contributed by atoms with van der Waals surface area (Å²) in [5.41, 5.74) is 10.8. The van der Waals surface area contributed by atoms with Gasteiger partial charge in [0.1, 0.15) is 5.75 Å². The third-order valence-corrected chi connectivity index (χ3v) is 4.91. The Labute approximate surface area is 165 Å². The fourth-order valence-electron chi connectivity index (χ4n) is 3.41. The highest BCUT2D eigenvalue weighted by Crippen LogP contribution is 2.38. The van der Waals surface area contributed by atoms with Gasteiger partial charge in [-0.15, -0.1) is 0 Å². The number of nitrogen functional groups attached to an aromatic ring is 1. The minimum Gasteiger partial charge on any atom is -0.491 e. The molecule has 0 saturated carbocycles. The number of aryl methyl sites for hydroxylation is 1. The number of H-pyrrole nitrogens is 1. The van der Waals surface area contributed by atoms with Crippen molar-refractivity contribution in [3.8, 4) is 16.9 Å². The van der Waals surface area contributed by atoms with Gasteiger partial charge in [0.05, 0.1) is 12.3 Å². The lowest BCUT2D eigenvalue weighted by Crippen LogP contribution is -2.04. The molecule has 3 aromatic rings. The lowest BCUT2D eigenvalue weighted by atomic mass is 9.97. The summed E-state index contributed by atoms with van der Waals surface area (Å²) in [5, 5.41) is 10.1. The van der Waals surface area contributed by atoms with Gasteiger partial charge in [-0.05, 0) is 59.7 Å². The molecule has 0 aliphatic rings. The quantitative estimate of drug-likeness (QED) is 0.325. The molecule has 148 valence electrons. The summed E-state index contributed by atoms with van der Waals surface area (Å²) in [5.74, 6) is -0.129. The second-order valence-corrected chi connectivity index (χ2v) is 7.14. The van der Waals surface area contributed by atoms with Crippen molar-refractivity contribution in [2.24, 2.45) is 0 Å². The number of hydrogen-bond acceptors (Lipinski definition) is 3. The summed E-state index contributed by atoms with van der Waals surface area (Å²) in [4.78, 5) is 14.2. The van der Waals surface area contributed by atoms with E-state index in [9.17, 15) is 4.79 Å². The molecule has 0 radical (unpaired) electrons. The van der Waals surface area contributed by atoms with E-state index in [0.717, 1.165) is 40.4 Å². The van der Waals surface area contributed by atoms with Gasteiger partial charge in [-0.25, -0.2) is 0 Å². The molecule has 28 heavy (non-hydrogen) atoms. The number of aliphatic carboxylic acids is 1. The van der Waals surface area contributed by atoms with Crippen molar-refractivity contribution in [2.45, 2.75) is 45.4 Å². The van der Waals surface area contributed by atoms with E-state index in [2.05, 4.69) is 18.0 Å². The number of aromatic amines is 1. The maximum absolute atomic E-state index is 11.0. The minimum atomic E-state index is -0.815. The number of hydrogen-bond donors (Lipinski definition) is 3. The highest BCUT2D eigenvalue weighted by molar-refractivity contribution is 5.88. The van der Waals surface area contributed by atoms with E-state index in [-0.39, 0.29) is 6.42 Å². The van der Waals surface area contributed by atoms with Crippen molar-refractivity contribution in [3.05, 3.63) is 48.2 Å². The summed E-state index contributed by atoms with van der Waals surface area (Å²) in [6.07, 6.45) is 6.94. The molecule has 0 atom stereocenters. The van der Waals surface area contributed by atoms with E-state index < -0.39 is 5.97 Å². The zero-order chi connectivity index (χ0) is 19.9. The molecule has 0 amide bonds. The second-order valence-electron chi connectivity index (χ2n) is 7.14. The van der Waals surface area contributed by atoms with Crippen molar-refractivity contribution in [1.82, 2.24) is 4.98 Å². The number of nitrogens with two attached hydrogens (primary N) is 1. The number of fused-ring (bicyclic) bond motifs is 1. The minimum absolute atomic E-state index is 0.0763. The standard InChI is InChI=1S/C23H28N2O3/c1-2-3-4-5-12-28-23-19(13-16(14-20(23)24)6-9-22(26)27)17-7-8-21-18(15-17)10-11-25-21/h7-8,10-11,13-15,25H,2-6,9,12,24H2,1H3,(H,26,27). The number of benzene rings is 2. The Morgan fingerprint density at radius 3 is 2.79 bits per heavy atom. The fourth-order valence-corrected chi connectivity index (χ4v) is 3.41. The highest BCUT2D eigenvalue weighted by Gasteiger charge is 2.14. The normalized spacial score (nSPS) is 11.0. The third-order valence-electron chi connectivity index (χ3n) is 4.91. The van der Waals surface area contributed by atoms with Crippen molar-refractivity contribution in [3.63, 3.8) is 0 Å². The van der Waals surface area contributed by atoms with E-state index in [0.29, 0.717) is 24.5 Å². The molecule has 0 aliphatic carbocycles. The van der Waals surface area contributed by atoms with E-state index in [1.54, 1.807) is 0 Å². The van der Waals surface area contributed by atoms with Gasteiger partial charge in [-0.1, -0.05) is 32.3 Å². The van der Waals surface area contributed by atoms with Gasteiger partial charge in [-0.2, -0.15) is 0 Å². The molecule has 0 fully saturated rings. The number of rotatable bonds is 10. The number of nitrogens with one attached hydrogen (secondary N) is 1. The summed E-state index contributed by atoms with van der Waals surface area (Å²) < 4.78 is 6.09. The van der Waals surface area contributed by atoms with Crippen LogP contribution in [0.25, 0.3) is 22.0 Å². The van der Waals surface area contributed by atoms with Gasteiger partial charge in [0.15, 0.2) is 0 Å². The molecule has 5 heteroatoms. The predicted molar refractivity (Wildman–Crippen MR) is 114 cm³/mol. The molecule has 3 rings (SSSR count). The molecular weight excluding hydrogens is 352 g/mol. The molecule has 0 bridgehead atoms. The zero-order valence-electron chi connectivity index (χ0n) is 16.3. The smallest absolute Gasteiger partial charge is 0.303 e. The first kappa shape index (κ1) is 19.8. The number of carboxylic acids is 1. The Hall–Kier alpha value is -2.95. The van der Waals surface area contributed by atoms with Crippen LogP contribution in [-0.4, -0.2) is 22.7 Å². The van der Waals surface area contributed by atoms with Gasteiger partial charge >= 0.3 is 5.97 Å². The summed E-state index contributed by atoms with van der Waals surface area (Å²) >= 11 is 0. The van der Waals surface area contributed by atoms with Crippen LogP contribution >= 0.6 is 0 Å².